The van der Waals surface area contributed by atoms with E-state index in [9.17, 15) is 5.11 Å². The van der Waals surface area contributed by atoms with E-state index in [0.29, 0.717) is 18.6 Å². The van der Waals surface area contributed by atoms with Crippen molar-refractivity contribution in [3.05, 3.63) is 29.8 Å². The topological polar surface area (TPSA) is 68.8 Å². The van der Waals surface area contributed by atoms with Gasteiger partial charge in [-0.05, 0) is 11.6 Å². The second kappa shape index (κ2) is 6.10. The van der Waals surface area contributed by atoms with Crippen molar-refractivity contribution in [1.82, 2.24) is 0 Å². The maximum absolute atomic E-state index is 9.69. The molecule has 2 saturated heterocycles. The Bertz CT molecular complexity index is 431. The predicted molar refractivity (Wildman–Crippen MR) is 74.9 cm³/mol. The van der Waals surface area contributed by atoms with Gasteiger partial charge in [-0.15, -0.1) is 0 Å². The number of para-hydroxylation sites is 1. The maximum atomic E-state index is 9.69. The first-order valence-electron chi connectivity index (χ1n) is 7.11. The van der Waals surface area contributed by atoms with E-state index in [1.807, 2.05) is 18.2 Å². The molecule has 3 unspecified atom stereocenters. The van der Waals surface area contributed by atoms with Gasteiger partial charge in [0.05, 0.1) is 38.1 Å². The molecule has 2 aliphatic rings. The van der Waals surface area contributed by atoms with Crippen LogP contribution in [0.3, 0.4) is 0 Å². The number of nitrogens with zero attached hydrogens (tertiary/aromatic N) is 1. The molecule has 0 amide bonds. The number of hydrogen-bond donors (Lipinski definition) is 2. The third-order valence-corrected chi connectivity index (χ3v) is 3.65. The molecule has 1 aromatic rings. The predicted octanol–water partition coefficient (Wildman–Crippen LogP) is 0.186. The van der Waals surface area contributed by atoms with Gasteiger partial charge in [0.15, 0.2) is 0 Å². The van der Waals surface area contributed by atoms with Crippen LogP contribution in [0.4, 0.5) is 5.69 Å². The lowest BCUT2D eigenvalue weighted by molar-refractivity contribution is 0.0955. The molecule has 0 aromatic heterocycles. The molecule has 0 aliphatic carbocycles. The van der Waals surface area contributed by atoms with E-state index in [2.05, 4.69) is 11.0 Å². The van der Waals surface area contributed by atoms with Crippen LogP contribution in [0.1, 0.15) is 5.56 Å². The number of benzene rings is 1. The number of anilines is 1. The molecule has 0 saturated carbocycles. The molecule has 2 heterocycles. The number of ether oxygens (including phenoxy) is 2. The fraction of sp³-hybridized carbons (Fsp3) is 0.600. The third kappa shape index (κ3) is 3.70. The summed E-state index contributed by atoms with van der Waals surface area (Å²) in [5, 5.41) is 18.7. The molecule has 110 valence electrons. The zero-order valence-electron chi connectivity index (χ0n) is 11.4. The van der Waals surface area contributed by atoms with E-state index in [1.54, 1.807) is 0 Å². The Morgan fingerprint density at radius 3 is 2.30 bits per heavy atom. The highest BCUT2D eigenvalue weighted by Gasteiger charge is 2.31. The van der Waals surface area contributed by atoms with E-state index in [-0.39, 0.29) is 6.61 Å². The van der Waals surface area contributed by atoms with Gasteiger partial charge in [-0.1, -0.05) is 18.2 Å². The summed E-state index contributed by atoms with van der Waals surface area (Å²) in [4.78, 5) is 2.27. The van der Waals surface area contributed by atoms with Crippen molar-refractivity contribution in [3.8, 4) is 0 Å². The number of rotatable bonds is 8. The molecule has 5 heteroatoms. The van der Waals surface area contributed by atoms with Gasteiger partial charge in [-0.3, -0.25) is 0 Å². The van der Waals surface area contributed by atoms with Gasteiger partial charge in [-0.25, -0.2) is 0 Å². The zero-order chi connectivity index (χ0) is 13.9. The first kappa shape index (κ1) is 13.8. The molecule has 0 bridgehead atoms. The Kier molecular flexibility index (Phi) is 4.21. The first-order valence-corrected chi connectivity index (χ1v) is 7.11. The Balaban J connectivity index is 1.76. The lowest BCUT2D eigenvalue weighted by Gasteiger charge is -2.26. The van der Waals surface area contributed by atoms with Crippen LogP contribution in [0.15, 0.2) is 24.3 Å². The summed E-state index contributed by atoms with van der Waals surface area (Å²) in [7, 11) is 0. The Morgan fingerprint density at radius 1 is 1.15 bits per heavy atom. The van der Waals surface area contributed by atoms with Gasteiger partial charge in [0.1, 0.15) is 0 Å². The van der Waals surface area contributed by atoms with E-state index in [0.717, 1.165) is 37.6 Å². The summed E-state index contributed by atoms with van der Waals surface area (Å²) in [6.45, 7) is 3.14. The van der Waals surface area contributed by atoms with Gasteiger partial charge in [-0.2, -0.15) is 0 Å². The van der Waals surface area contributed by atoms with Gasteiger partial charge in [0.25, 0.3) is 0 Å². The fourth-order valence-corrected chi connectivity index (χ4v) is 2.42. The summed E-state index contributed by atoms with van der Waals surface area (Å²) in [6.07, 6.45) is 0.363. The molecule has 3 atom stereocenters. The van der Waals surface area contributed by atoms with Crippen molar-refractivity contribution in [2.45, 2.75) is 24.7 Å². The summed E-state index contributed by atoms with van der Waals surface area (Å²) in [5.41, 5.74) is 2.15. The van der Waals surface area contributed by atoms with Crippen LogP contribution in [0, 0.1) is 0 Å². The van der Waals surface area contributed by atoms with E-state index >= 15 is 0 Å². The second-order valence-corrected chi connectivity index (χ2v) is 5.48. The minimum absolute atomic E-state index is 0.216. The van der Waals surface area contributed by atoms with Crippen LogP contribution < -0.4 is 4.90 Å². The van der Waals surface area contributed by atoms with Crippen molar-refractivity contribution in [2.75, 3.05) is 37.8 Å². The second-order valence-electron chi connectivity index (χ2n) is 5.48. The summed E-state index contributed by atoms with van der Waals surface area (Å²) < 4.78 is 10.7. The highest BCUT2D eigenvalue weighted by molar-refractivity contribution is 5.54. The van der Waals surface area contributed by atoms with E-state index < -0.39 is 6.10 Å². The molecule has 2 aliphatic heterocycles. The standard InChI is InChI=1S/C15H21NO4/c17-8-12(18)5-11-3-1-2-4-15(11)16(6-13-9-19-13)7-14-10-20-14/h1-4,12-14,17-18H,5-10H2. The Morgan fingerprint density at radius 2 is 1.75 bits per heavy atom. The number of hydrogen-bond acceptors (Lipinski definition) is 5. The summed E-state index contributed by atoms with van der Waals surface area (Å²) in [6, 6.07) is 8.02. The molecular formula is C15H21NO4. The SMILES string of the molecule is OCC(O)Cc1ccccc1N(CC1CO1)CC1CO1. The molecule has 0 radical (unpaired) electrons. The van der Waals surface area contributed by atoms with Crippen molar-refractivity contribution >= 4 is 5.69 Å². The fourth-order valence-electron chi connectivity index (χ4n) is 2.42. The number of aliphatic hydroxyl groups excluding tert-OH is 2. The van der Waals surface area contributed by atoms with Crippen LogP contribution in [-0.4, -0.2) is 61.4 Å². The minimum atomic E-state index is -0.715. The van der Waals surface area contributed by atoms with E-state index in [4.69, 9.17) is 14.6 Å². The first-order chi connectivity index (χ1) is 9.76. The molecular weight excluding hydrogens is 258 g/mol. The molecule has 1 aromatic carbocycles. The molecule has 2 fully saturated rings. The highest BCUT2D eigenvalue weighted by Crippen LogP contribution is 2.26. The van der Waals surface area contributed by atoms with E-state index in [1.165, 1.54) is 0 Å². The van der Waals surface area contributed by atoms with Gasteiger partial charge in [0.2, 0.25) is 0 Å². The molecule has 0 spiro atoms. The zero-order valence-corrected chi connectivity index (χ0v) is 11.4. The van der Waals surface area contributed by atoms with Crippen molar-refractivity contribution in [2.24, 2.45) is 0 Å². The van der Waals surface area contributed by atoms with Crippen LogP contribution in [0.5, 0.6) is 0 Å². The summed E-state index contributed by atoms with van der Waals surface area (Å²) in [5.74, 6) is 0. The number of aliphatic hydroxyl groups is 2. The average molecular weight is 279 g/mol. The molecule has 2 N–H and O–H groups in total. The van der Waals surface area contributed by atoms with Gasteiger partial charge < -0.3 is 24.6 Å². The Hall–Kier alpha value is -1.14. The highest BCUT2D eigenvalue weighted by atomic mass is 16.6. The quantitative estimate of drug-likeness (QED) is 0.665. The third-order valence-electron chi connectivity index (χ3n) is 3.65. The van der Waals surface area contributed by atoms with Crippen LogP contribution >= 0.6 is 0 Å². The monoisotopic (exact) mass is 279 g/mol. The largest absolute Gasteiger partial charge is 0.394 e. The lowest BCUT2D eigenvalue weighted by atomic mass is 10.0. The summed E-state index contributed by atoms with van der Waals surface area (Å²) >= 11 is 0. The van der Waals surface area contributed by atoms with Crippen LogP contribution in [0.25, 0.3) is 0 Å². The van der Waals surface area contributed by atoms with Crippen LogP contribution in [0.2, 0.25) is 0 Å². The number of epoxide rings is 2. The normalized spacial score (nSPS) is 25.3. The minimum Gasteiger partial charge on any atom is -0.394 e. The smallest absolute Gasteiger partial charge is 0.0984 e. The average Bonchev–Trinajstić information content (AvgIpc) is 3.34. The Labute approximate surface area is 118 Å². The van der Waals surface area contributed by atoms with Crippen LogP contribution in [-0.2, 0) is 15.9 Å². The van der Waals surface area contributed by atoms with Crippen molar-refractivity contribution in [3.63, 3.8) is 0 Å². The molecule has 20 heavy (non-hydrogen) atoms. The maximum Gasteiger partial charge on any atom is 0.0984 e. The molecule has 5 nitrogen and oxygen atoms in total. The van der Waals surface area contributed by atoms with Crippen molar-refractivity contribution in [1.29, 1.82) is 0 Å². The van der Waals surface area contributed by atoms with Crippen molar-refractivity contribution < 1.29 is 19.7 Å². The molecule has 3 rings (SSSR count). The van der Waals surface area contributed by atoms with Gasteiger partial charge in [0, 0.05) is 25.2 Å². The lowest BCUT2D eigenvalue weighted by Crippen LogP contribution is -2.33. The van der Waals surface area contributed by atoms with Gasteiger partial charge >= 0.3 is 0 Å².